The smallest absolute Gasteiger partial charge is 0.185 e. The molecule has 0 aliphatic carbocycles. The van der Waals surface area contributed by atoms with Gasteiger partial charge in [-0.05, 0) is 27.4 Å². The molecule has 0 amide bonds. The van der Waals surface area contributed by atoms with E-state index in [4.69, 9.17) is 16.2 Å². The first-order valence-electron chi connectivity index (χ1n) is 4.88. The first-order valence-corrected chi connectivity index (χ1v) is 4.88. The van der Waals surface area contributed by atoms with E-state index in [1.165, 1.54) is 0 Å². The molecule has 0 aromatic heterocycles. The summed E-state index contributed by atoms with van der Waals surface area (Å²) in [7, 11) is 4.06. The number of aliphatic imine (C=N–C) groups is 1. The lowest BCUT2D eigenvalue weighted by atomic mass is 10.2. The van der Waals surface area contributed by atoms with Gasteiger partial charge in [0.25, 0.3) is 0 Å². The van der Waals surface area contributed by atoms with Crippen molar-refractivity contribution < 1.29 is 4.74 Å². The van der Waals surface area contributed by atoms with E-state index in [-0.39, 0.29) is 36.0 Å². The number of nitrogens with two attached hydrogens (primary N) is 2. The molecule has 0 aliphatic rings. The fraction of sp³-hybridized carbons (Fsp3) is 0.889. The highest BCUT2D eigenvalue weighted by molar-refractivity contribution is 14.0. The molecule has 6 heteroatoms. The van der Waals surface area contributed by atoms with Crippen molar-refractivity contribution in [3.05, 3.63) is 0 Å². The van der Waals surface area contributed by atoms with Crippen LogP contribution >= 0.6 is 24.0 Å². The monoisotopic (exact) mass is 330 g/mol. The molecular weight excluding hydrogens is 307 g/mol. The van der Waals surface area contributed by atoms with Gasteiger partial charge >= 0.3 is 0 Å². The Bertz CT molecular complexity index is 171. The van der Waals surface area contributed by atoms with Gasteiger partial charge in [0.05, 0.1) is 12.6 Å². The van der Waals surface area contributed by atoms with E-state index in [9.17, 15) is 0 Å². The van der Waals surface area contributed by atoms with Gasteiger partial charge in [0.15, 0.2) is 5.96 Å². The molecule has 0 bridgehead atoms. The van der Waals surface area contributed by atoms with Crippen molar-refractivity contribution in [2.45, 2.75) is 19.4 Å². The number of guanidine groups is 1. The summed E-state index contributed by atoms with van der Waals surface area (Å²) in [4.78, 5) is 6.06. The zero-order valence-electron chi connectivity index (χ0n) is 9.77. The van der Waals surface area contributed by atoms with Crippen LogP contribution in [0.25, 0.3) is 0 Å². The Kier molecular flexibility index (Phi) is 12.1. The minimum absolute atomic E-state index is 0. The third kappa shape index (κ3) is 11.8. The lowest BCUT2D eigenvalue weighted by molar-refractivity contribution is 0.0583. The van der Waals surface area contributed by atoms with Crippen LogP contribution in [0.15, 0.2) is 4.99 Å². The van der Waals surface area contributed by atoms with Crippen molar-refractivity contribution in [1.29, 1.82) is 0 Å². The average molecular weight is 330 g/mol. The van der Waals surface area contributed by atoms with E-state index < -0.39 is 0 Å². The first kappa shape index (κ1) is 17.3. The van der Waals surface area contributed by atoms with Gasteiger partial charge in [0.1, 0.15) is 0 Å². The van der Waals surface area contributed by atoms with E-state index in [0.29, 0.717) is 13.2 Å². The number of hydrogen-bond donors (Lipinski definition) is 2. The number of rotatable bonds is 7. The molecule has 1 atom stereocenters. The molecule has 0 spiro atoms. The lowest BCUT2D eigenvalue weighted by Crippen LogP contribution is -2.28. The molecule has 0 radical (unpaired) electrons. The van der Waals surface area contributed by atoms with E-state index in [1.807, 2.05) is 21.0 Å². The van der Waals surface area contributed by atoms with Crippen LogP contribution in [0.1, 0.15) is 13.3 Å². The minimum Gasteiger partial charge on any atom is -0.377 e. The zero-order chi connectivity index (χ0) is 11.0. The van der Waals surface area contributed by atoms with E-state index in [2.05, 4.69) is 9.89 Å². The van der Waals surface area contributed by atoms with Gasteiger partial charge in [-0.2, -0.15) is 0 Å². The van der Waals surface area contributed by atoms with Crippen LogP contribution in [-0.4, -0.2) is 50.8 Å². The predicted molar refractivity (Wildman–Crippen MR) is 74.7 cm³/mol. The summed E-state index contributed by atoms with van der Waals surface area (Å²) < 4.78 is 5.50. The van der Waals surface area contributed by atoms with Crippen LogP contribution in [-0.2, 0) is 4.74 Å². The van der Waals surface area contributed by atoms with Gasteiger partial charge in [0, 0.05) is 13.2 Å². The Morgan fingerprint density at radius 2 is 2.00 bits per heavy atom. The molecule has 0 rings (SSSR count). The molecule has 1 unspecified atom stereocenters. The Balaban J connectivity index is 0. The summed E-state index contributed by atoms with van der Waals surface area (Å²) in [6, 6.07) is 0. The lowest BCUT2D eigenvalue weighted by Gasteiger charge is -2.17. The van der Waals surface area contributed by atoms with Crippen molar-refractivity contribution in [1.82, 2.24) is 4.90 Å². The van der Waals surface area contributed by atoms with Crippen LogP contribution in [0.4, 0.5) is 0 Å². The van der Waals surface area contributed by atoms with E-state index >= 15 is 0 Å². The number of ether oxygens (including phenoxy) is 1. The summed E-state index contributed by atoms with van der Waals surface area (Å²) in [5, 5.41) is 0. The van der Waals surface area contributed by atoms with Crippen LogP contribution in [0.2, 0.25) is 0 Å². The molecule has 0 aromatic carbocycles. The molecule has 5 nitrogen and oxygen atoms in total. The summed E-state index contributed by atoms with van der Waals surface area (Å²) in [6.45, 7) is 4.19. The summed E-state index contributed by atoms with van der Waals surface area (Å²) in [5.41, 5.74) is 10.5. The number of hydrogen-bond acceptors (Lipinski definition) is 3. The van der Waals surface area contributed by atoms with Crippen LogP contribution in [0.3, 0.4) is 0 Å². The molecule has 0 fully saturated rings. The Morgan fingerprint density at radius 3 is 2.40 bits per heavy atom. The molecule has 0 aromatic rings. The van der Waals surface area contributed by atoms with Crippen LogP contribution in [0, 0.1) is 0 Å². The molecule has 0 heterocycles. The minimum atomic E-state index is 0. The maximum atomic E-state index is 5.50. The third-order valence-electron chi connectivity index (χ3n) is 1.78. The predicted octanol–water partition coefficient (Wildman–Crippen LogP) is 0.235. The van der Waals surface area contributed by atoms with Gasteiger partial charge < -0.3 is 21.1 Å². The number of nitrogens with zero attached hydrogens (tertiary/aromatic N) is 2. The van der Waals surface area contributed by atoms with Gasteiger partial charge in [-0.1, -0.05) is 0 Å². The van der Waals surface area contributed by atoms with Crippen molar-refractivity contribution in [3.63, 3.8) is 0 Å². The average Bonchev–Trinajstić information content (AvgIpc) is 2.09. The van der Waals surface area contributed by atoms with Crippen molar-refractivity contribution in [3.8, 4) is 0 Å². The van der Waals surface area contributed by atoms with Gasteiger partial charge in [0.2, 0.25) is 0 Å². The van der Waals surface area contributed by atoms with Crippen molar-refractivity contribution >= 4 is 29.9 Å². The second-order valence-corrected chi connectivity index (χ2v) is 3.43. The quantitative estimate of drug-likeness (QED) is 0.398. The molecule has 4 N–H and O–H groups in total. The highest BCUT2D eigenvalue weighted by Crippen LogP contribution is 2.00. The van der Waals surface area contributed by atoms with Crippen molar-refractivity contribution in [2.75, 3.05) is 33.8 Å². The summed E-state index contributed by atoms with van der Waals surface area (Å²) >= 11 is 0. The maximum absolute atomic E-state index is 5.50. The molecular formula is C9H23IN4O. The summed E-state index contributed by atoms with van der Waals surface area (Å²) in [5.74, 6) is 0.125. The molecule has 92 valence electrons. The van der Waals surface area contributed by atoms with Gasteiger partial charge in [-0.15, -0.1) is 24.0 Å². The third-order valence-corrected chi connectivity index (χ3v) is 1.78. The molecule has 0 aliphatic heterocycles. The second kappa shape index (κ2) is 10.4. The van der Waals surface area contributed by atoms with Crippen LogP contribution < -0.4 is 11.5 Å². The highest BCUT2D eigenvalue weighted by Gasteiger charge is 2.07. The van der Waals surface area contributed by atoms with Gasteiger partial charge in [-0.25, -0.2) is 0 Å². The van der Waals surface area contributed by atoms with Crippen LogP contribution in [0.5, 0.6) is 0 Å². The number of halogens is 1. The highest BCUT2D eigenvalue weighted by atomic mass is 127. The summed E-state index contributed by atoms with van der Waals surface area (Å²) in [6.07, 6.45) is 1.06. The Hall–Kier alpha value is -0.0800. The molecule has 15 heavy (non-hydrogen) atoms. The fourth-order valence-electron chi connectivity index (χ4n) is 1.07. The SMILES string of the molecule is CCOC(CCN(C)C)CN=C(N)N.I. The van der Waals surface area contributed by atoms with E-state index in [0.717, 1.165) is 13.0 Å². The van der Waals surface area contributed by atoms with Crippen molar-refractivity contribution in [2.24, 2.45) is 16.5 Å². The topological polar surface area (TPSA) is 76.9 Å². The second-order valence-electron chi connectivity index (χ2n) is 3.43. The Labute approximate surface area is 109 Å². The largest absolute Gasteiger partial charge is 0.377 e. The maximum Gasteiger partial charge on any atom is 0.185 e. The standard InChI is InChI=1S/C9H22N4O.HI/c1-4-14-8(5-6-13(2)3)7-12-9(10)11;/h8H,4-7H2,1-3H3,(H4,10,11,12);1H. The Morgan fingerprint density at radius 1 is 1.40 bits per heavy atom. The molecule has 0 saturated heterocycles. The molecule has 0 saturated carbocycles. The van der Waals surface area contributed by atoms with Gasteiger partial charge in [-0.3, -0.25) is 4.99 Å². The van der Waals surface area contributed by atoms with E-state index in [1.54, 1.807) is 0 Å². The first-order chi connectivity index (χ1) is 6.56. The fourth-order valence-corrected chi connectivity index (χ4v) is 1.07. The normalized spacial score (nSPS) is 12.0. The zero-order valence-corrected chi connectivity index (χ0v) is 12.1.